The van der Waals surface area contributed by atoms with Gasteiger partial charge in [0.05, 0.1) is 7.11 Å². The van der Waals surface area contributed by atoms with Gasteiger partial charge in [-0.15, -0.1) is 0 Å². The molecular formula is C22H26N2O3. The molecule has 1 N–H and O–H groups in total. The summed E-state index contributed by atoms with van der Waals surface area (Å²) in [5.41, 5.74) is 4.18. The van der Waals surface area contributed by atoms with Crippen molar-refractivity contribution >= 4 is 17.5 Å². The molecule has 1 aliphatic heterocycles. The van der Waals surface area contributed by atoms with Gasteiger partial charge in [0.2, 0.25) is 11.8 Å². The Morgan fingerprint density at radius 2 is 1.81 bits per heavy atom. The molecule has 0 aliphatic carbocycles. The number of ether oxygens (including phenoxy) is 1. The van der Waals surface area contributed by atoms with E-state index in [1.807, 2.05) is 56.3 Å². The lowest BCUT2D eigenvalue weighted by Crippen LogP contribution is -2.38. The molecule has 2 aromatic rings. The highest BCUT2D eigenvalue weighted by atomic mass is 16.5. The molecule has 0 spiro atoms. The van der Waals surface area contributed by atoms with Crippen LogP contribution in [0.3, 0.4) is 0 Å². The lowest BCUT2D eigenvalue weighted by molar-refractivity contribution is -0.132. The predicted molar refractivity (Wildman–Crippen MR) is 106 cm³/mol. The first kappa shape index (κ1) is 19.0. The summed E-state index contributed by atoms with van der Waals surface area (Å²) in [6, 6.07) is 13.7. The van der Waals surface area contributed by atoms with Gasteiger partial charge in [-0.25, -0.2) is 0 Å². The SMILES string of the molecule is COc1ccc(CCNC(=O)[C@H]2CCN(c3c(C)cccc3C)C2=O)cc1. The van der Waals surface area contributed by atoms with Crippen molar-refractivity contribution in [1.82, 2.24) is 5.32 Å². The summed E-state index contributed by atoms with van der Waals surface area (Å²) < 4.78 is 5.14. The number of amides is 2. The summed E-state index contributed by atoms with van der Waals surface area (Å²) >= 11 is 0. The van der Waals surface area contributed by atoms with Crippen molar-refractivity contribution in [3.05, 3.63) is 59.2 Å². The molecule has 5 heteroatoms. The zero-order chi connectivity index (χ0) is 19.4. The molecule has 5 nitrogen and oxygen atoms in total. The molecule has 0 bridgehead atoms. The van der Waals surface area contributed by atoms with Crippen LogP contribution in [-0.2, 0) is 16.0 Å². The number of methoxy groups -OCH3 is 1. The molecule has 1 aliphatic rings. The smallest absolute Gasteiger partial charge is 0.239 e. The third-order valence-corrected chi connectivity index (χ3v) is 5.10. The molecule has 1 atom stereocenters. The fourth-order valence-corrected chi connectivity index (χ4v) is 3.62. The predicted octanol–water partition coefficient (Wildman–Crippen LogP) is 3.02. The van der Waals surface area contributed by atoms with Crippen molar-refractivity contribution < 1.29 is 14.3 Å². The Morgan fingerprint density at radius 3 is 2.44 bits per heavy atom. The van der Waals surface area contributed by atoms with Crippen molar-refractivity contribution in [3.8, 4) is 5.75 Å². The molecule has 1 saturated heterocycles. The van der Waals surface area contributed by atoms with Crippen LogP contribution in [0.1, 0.15) is 23.1 Å². The summed E-state index contributed by atoms with van der Waals surface area (Å²) in [7, 11) is 1.63. The van der Waals surface area contributed by atoms with Gasteiger partial charge in [0.15, 0.2) is 0 Å². The molecule has 3 rings (SSSR count). The molecule has 27 heavy (non-hydrogen) atoms. The maximum atomic E-state index is 12.8. The average molecular weight is 366 g/mol. The molecule has 2 amide bonds. The maximum absolute atomic E-state index is 12.8. The summed E-state index contributed by atoms with van der Waals surface area (Å²) in [5.74, 6) is -0.0672. The molecule has 1 fully saturated rings. The number of aryl methyl sites for hydroxylation is 2. The highest BCUT2D eigenvalue weighted by molar-refractivity contribution is 6.10. The van der Waals surface area contributed by atoms with Crippen molar-refractivity contribution in [2.24, 2.45) is 5.92 Å². The van der Waals surface area contributed by atoms with Gasteiger partial charge in [0.25, 0.3) is 0 Å². The molecule has 1 heterocycles. The second-order valence-corrected chi connectivity index (χ2v) is 6.96. The highest BCUT2D eigenvalue weighted by Gasteiger charge is 2.38. The van der Waals surface area contributed by atoms with Crippen molar-refractivity contribution in [1.29, 1.82) is 0 Å². The van der Waals surface area contributed by atoms with Crippen LogP contribution in [0, 0.1) is 19.8 Å². The van der Waals surface area contributed by atoms with E-state index in [1.54, 1.807) is 12.0 Å². The molecule has 0 saturated carbocycles. The Labute approximate surface area is 160 Å². The van der Waals surface area contributed by atoms with E-state index in [1.165, 1.54) is 0 Å². The van der Waals surface area contributed by atoms with Gasteiger partial charge in [-0.1, -0.05) is 30.3 Å². The minimum atomic E-state index is -0.597. The number of rotatable bonds is 6. The van der Waals surface area contributed by atoms with Crippen LogP contribution in [0.5, 0.6) is 5.75 Å². The molecule has 0 unspecified atom stereocenters. The lowest BCUT2D eigenvalue weighted by Gasteiger charge is -2.21. The van der Waals surface area contributed by atoms with Gasteiger partial charge >= 0.3 is 0 Å². The lowest BCUT2D eigenvalue weighted by atomic mass is 10.1. The quantitative estimate of drug-likeness (QED) is 0.800. The van der Waals surface area contributed by atoms with Gasteiger partial charge in [0, 0.05) is 18.8 Å². The summed E-state index contributed by atoms with van der Waals surface area (Å²) in [6.45, 7) is 5.09. The number of hydrogen-bond acceptors (Lipinski definition) is 3. The first-order valence-electron chi connectivity index (χ1n) is 9.29. The number of hydrogen-bond donors (Lipinski definition) is 1. The standard InChI is InChI=1S/C22H26N2O3/c1-15-5-4-6-16(2)20(15)24-14-12-19(22(24)26)21(25)23-13-11-17-7-9-18(27-3)10-8-17/h4-10,19H,11-14H2,1-3H3,(H,23,25)/t19-/m1/s1. The van der Waals surface area contributed by atoms with Gasteiger partial charge < -0.3 is 15.0 Å². The zero-order valence-electron chi connectivity index (χ0n) is 16.1. The second-order valence-electron chi connectivity index (χ2n) is 6.96. The van der Waals surface area contributed by atoms with E-state index in [0.717, 1.165) is 34.5 Å². The highest BCUT2D eigenvalue weighted by Crippen LogP contribution is 2.30. The molecule has 0 radical (unpaired) electrons. The van der Waals surface area contributed by atoms with Gasteiger partial charge in [0.1, 0.15) is 11.7 Å². The van der Waals surface area contributed by atoms with Crippen molar-refractivity contribution in [3.63, 3.8) is 0 Å². The largest absolute Gasteiger partial charge is 0.497 e. The number of para-hydroxylation sites is 1. The van der Waals surface area contributed by atoms with Crippen LogP contribution in [0.15, 0.2) is 42.5 Å². The first-order valence-corrected chi connectivity index (χ1v) is 9.29. The molecule has 0 aromatic heterocycles. The minimum absolute atomic E-state index is 0.102. The summed E-state index contributed by atoms with van der Waals surface area (Å²) in [6.07, 6.45) is 1.28. The first-order chi connectivity index (χ1) is 13.0. The molecular weight excluding hydrogens is 340 g/mol. The molecule has 142 valence electrons. The Balaban J connectivity index is 1.57. The van der Waals surface area contributed by atoms with Crippen LogP contribution >= 0.6 is 0 Å². The van der Waals surface area contributed by atoms with Crippen LogP contribution in [0.2, 0.25) is 0 Å². The van der Waals surface area contributed by atoms with E-state index in [9.17, 15) is 9.59 Å². The van der Waals surface area contributed by atoms with Crippen molar-refractivity contribution in [2.75, 3.05) is 25.1 Å². The van der Waals surface area contributed by atoms with E-state index in [4.69, 9.17) is 4.74 Å². The van der Waals surface area contributed by atoms with Crippen LogP contribution in [-0.4, -0.2) is 32.0 Å². The van der Waals surface area contributed by atoms with Crippen LogP contribution < -0.4 is 15.0 Å². The van der Waals surface area contributed by atoms with Crippen molar-refractivity contribution in [2.45, 2.75) is 26.7 Å². The number of benzene rings is 2. The van der Waals surface area contributed by atoms with E-state index >= 15 is 0 Å². The van der Waals surface area contributed by atoms with E-state index < -0.39 is 5.92 Å². The Hall–Kier alpha value is -2.82. The van der Waals surface area contributed by atoms with Crippen LogP contribution in [0.25, 0.3) is 0 Å². The zero-order valence-corrected chi connectivity index (χ0v) is 16.1. The number of anilines is 1. The van der Waals surface area contributed by atoms with E-state index in [2.05, 4.69) is 5.32 Å². The van der Waals surface area contributed by atoms with E-state index in [0.29, 0.717) is 19.5 Å². The maximum Gasteiger partial charge on any atom is 0.239 e. The van der Waals surface area contributed by atoms with Gasteiger partial charge in [-0.3, -0.25) is 9.59 Å². The monoisotopic (exact) mass is 366 g/mol. The van der Waals surface area contributed by atoms with Gasteiger partial charge in [-0.05, 0) is 55.5 Å². The van der Waals surface area contributed by atoms with Gasteiger partial charge in [-0.2, -0.15) is 0 Å². The normalized spacial score (nSPS) is 16.5. The Morgan fingerprint density at radius 1 is 1.15 bits per heavy atom. The third kappa shape index (κ3) is 4.13. The molecule has 2 aromatic carbocycles. The average Bonchev–Trinajstić information content (AvgIpc) is 3.03. The minimum Gasteiger partial charge on any atom is -0.497 e. The number of carbonyl (C=O) groups is 2. The fraction of sp³-hybridized carbons (Fsp3) is 0.364. The Bertz CT molecular complexity index is 810. The summed E-state index contributed by atoms with van der Waals surface area (Å²) in [4.78, 5) is 27.1. The fourth-order valence-electron chi connectivity index (χ4n) is 3.62. The Kier molecular flexibility index (Phi) is 5.79. The summed E-state index contributed by atoms with van der Waals surface area (Å²) in [5, 5.41) is 2.92. The van der Waals surface area contributed by atoms with Crippen LogP contribution in [0.4, 0.5) is 5.69 Å². The third-order valence-electron chi connectivity index (χ3n) is 5.10. The second kappa shape index (κ2) is 8.25. The number of nitrogens with zero attached hydrogens (tertiary/aromatic N) is 1. The number of nitrogens with one attached hydrogen (secondary N) is 1. The van der Waals surface area contributed by atoms with E-state index in [-0.39, 0.29) is 11.8 Å². The topological polar surface area (TPSA) is 58.6 Å². The number of carbonyl (C=O) groups excluding carboxylic acids is 2.